The second-order valence-electron chi connectivity index (χ2n) is 6.94. The maximum absolute atomic E-state index is 11.8. The van der Waals surface area contributed by atoms with E-state index in [0.29, 0.717) is 0 Å². The number of rotatable bonds is 5. The molecule has 6 atom stereocenters. The van der Waals surface area contributed by atoms with Gasteiger partial charge >= 0.3 is 0 Å². The third-order valence-corrected chi connectivity index (χ3v) is 5.43. The molecule has 30 heavy (non-hydrogen) atoms. The molecule has 1 aromatic carbocycles. The number of hydrogen-bond acceptors (Lipinski definition) is 10. The number of aliphatic hydroxyl groups excluding tert-OH is 4. The number of carbonyl (C=O) groups is 1. The highest BCUT2D eigenvalue weighted by Crippen LogP contribution is 2.40. The van der Waals surface area contributed by atoms with Gasteiger partial charge in [0.25, 0.3) is 0 Å². The van der Waals surface area contributed by atoms with Crippen LogP contribution in [-0.4, -0.2) is 88.9 Å². The number of nitrogens with zero attached hydrogens (tertiary/aromatic N) is 1. The Morgan fingerprint density at radius 2 is 2.03 bits per heavy atom. The number of methoxy groups -OCH3 is 1. The molecule has 0 aliphatic carbocycles. The van der Waals surface area contributed by atoms with E-state index in [2.05, 4.69) is 0 Å². The number of benzene rings is 1. The molecule has 2 heterocycles. The molecule has 11 nitrogen and oxygen atoms in total. The molecule has 0 spiro atoms. The van der Waals surface area contributed by atoms with Crippen LogP contribution in [0, 0.1) is 0 Å². The lowest BCUT2D eigenvalue weighted by Gasteiger charge is -2.41. The Kier molecular flexibility index (Phi) is 7.17. The molecule has 4 unspecified atom stereocenters. The van der Waals surface area contributed by atoms with E-state index in [-0.39, 0.29) is 35.5 Å². The zero-order valence-corrected chi connectivity index (χ0v) is 17.1. The number of aliphatic hydroxyl groups is 4. The summed E-state index contributed by atoms with van der Waals surface area (Å²) in [6.45, 7) is 0.675. The lowest BCUT2D eigenvalue weighted by Crippen LogP contribution is -2.60. The normalized spacial score (nSPS) is 34.6. The Balaban J connectivity index is 1.88. The fourth-order valence-electron chi connectivity index (χ4n) is 3.24. The average Bonchev–Trinajstić information content (AvgIpc) is 2.75. The van der Waals surface area contributed by atoms with Crippen LogP contribution < -0.4 is 4.74 Å². The van der Waals surface area contributed by atoms with Crippen molar-refractivity contribution in [1.29, 1.82) is 0 Å². The first-order valence-corrected chi connectivity index (χ1v) is 9.49. The van der Waals surface area contributed by atoms with Crippen molar-refractivity contribution in [2.24, 2.45) is 0 Å². The summed E-state index contributed by atoms with van der Waals surface area (Å²) < 4.78 is 16.5. The van der Waals surface area contributed by atoms with E-state index >= 15 is 0 Å². The predicted octanol–water partition coefficient (Wildman–Crippen LogP) is -0.914. The molecule has 4 N–H and O–H groups in total. The second kappa shape index (κ2) is 9.30. The van der Waals surface area contributed by atoms with Gasteiger partial charge in [-0.05, 0) is 6.07 Å². The molecule has 1 amide bonds. The van der Waals surface area contributed by atoms with Crippen LogP contribution in [0.4, 0.5) is 0 Å². The van der Waals surface area contributed by atoms with E-state index in [1.807, 2.05) is 0 Å². The number of halogens is 1. The summed E-state index contributed by atoms with van der Waals surface area (Å²) in [5.41, 5.74) is 0.278. The van der Waals surface area contributed by atoms with Crippen molar-refractivity contribution in [2.45, 2.75) is 43.4 Å². The maximum Gasteiger partial charge on any atom is 0.247 e. The van der Waals surface area contributed by atoms with E-state index in [1.165, 1.54) is 25.0 Å². The lowest BCUT2D eigenvalue weighted by atomic mass is 9.99. The molecule has 2 fully saturated rings. The van der Waals surface area contributed by atoms with Crippen LogP contribution in [-0.2, 0) is 29.8 Å². The van der Waals surface area contributed by atoms with Crippen molar-refractivity contribution in [3.05, 3.63) is 28.8 Å². The molecule has 0 saturated carbocycles. The van der Waals surface area contributed by atoms with Crippen molar-refractivity contribution >= 4 is 17.5 Å². The van der Waals surface area contributed by atoms with E-state index in [1.54, 1.807) is 12.1 Å². The van der Waals surface area contributed by atoms with Gasteiger partial charge in [0.15, 0.2) is 6.73 Å². The van der Waals surface area contributed by atoms with Gasteiger partial charge in [-0.1, -0.05) is 23.7 Å². The van der Waals surface area contributed by atoms with Gasteiger partial charge in [-0.25, -0.2) is 4.89 Å². The lowest BCUT2D eigenvalue weighted by molar-refractivity contribution is -0.468. The first kappa shape index (κ1) is 23.1. The highest BCUT2D eigenvalue weighted by Gasteiger charge is 2.46. The Labute approximate surface area is 177 Å². The highest BCUT2D eigenvalue weighted by atomic mass is 35.5. The van der Waals surface area contributed by atoms with Gasteiger partial charge in [-0.3, -0.25) is 4.79 Å². The van der Waals surface area contributed by atoms with Crippen LogP contribution in [0.2, 0.25) is 5.02 Å². The molecule has 168 valence electrons. The smallest absolute Gasteiger partial charge is 0.247 e. The Bertz CT molecular complexity index is 764. The van der Waals surface area contributed by atoms with Gasteiger partial charge in [0.2, 0.25) is 18.0 Å². The Hall–Kier alpha value is -1.54. The predicted molar refractivity (Wildman–Crippen MR) is 99.0 cm³/mol. The first-order valence-electron chi connectivity index (χ1n) is 9.11. The third-order valence-electron chi connectivity index (χ3n) is 5.04. The van der Waals surface area contributed by atoms with Crippen LogP contribution in [0.1, 0.15) is 12.5 Å². The monoisotopic (exact) mass is 449 g/mol. The topological polar surface area (TPSA) is 147 Å². The minimum atomic E-state index is -1.61. The molecule has 0 aromatic heterocycles. The number of amides is 1. The van der Waals surface area contributed by atoms with Crippen molar-refractivity contribution in [3.63, 3.8) is 0 Å². The zero-order chi connectivity index (χ0) is 22.1. The summed E-state index contributed by atoms with van der Waals surface area (Å²) in [4.78, 5) is 23.5. The van der Waals surface area contributed by atoms with E-state index in [4.69, 9.17) is 35.6 Å². The van der Waals surface area contributed by atoms with Crippen LogP contribution in [0.25, 0.3) is 0 Å². The highest BCUT2D eigenvalue weighted by molar-refractivity contribution is 6.33. The zero-order valence-electron chi connectivity index (χ0n) is 16.3. The van der Waals surface area contributed by atoms with Crippen LogP contribution >= 0.6 is 11.6 Å². The van der Waals surface area contributed by atoms with Crippen molar-refractivity contribution in [3.8, 4) is 5.75 Å². The average molecular weight is 450 g/mol. The molecular formula is C18H24ClNO10. The second-order valence-corrected chi connectivity index (χ2v) is 7.32. The fraction of sp³-hybridized carbons (Fsp3) is 0.611. The van der Waals surface area contributed by atoms with Gasteiger partial charge in [0.05, 0.1) is 18.2 Å². The van der Waals surface area contributed by atoms with Gasteiger partial charge in [-0.2, -0.15) is 4.89 Å². The number of ether oxygens (including phenoxy) is 3. The van der Waals surface area contributed by atoms with Crippen molar-refractivity contribution < 1.29 is 49.2 Å². The van der Waals surface area contributed by atoms with Crippen LogP contribution in [0.5, 0.6) is 5.75 Å². The van der Waals surface area contributed by atoms with Gasteiger partial charge in [0.1, 0.15) is 30.2 Å². The molecular weight excluding hydrogens is 426 g/mol. The van der Waals surface area contributed by atoms with Crippen molar-refractivity contribution in [1.82, 2.24) is 4.90 Å². The van der Waals surface area contributed by atoms with Gasteiger partial charge in [0, 0.05) is 19.6 Å². The summed E-state index contributed by atoms with van der Waals surface area (Å²) in [5.74, 6) is -1.77. The third kappa shape index (κ3) is 4.26. The SMILES string of the molecule is COC1(c2cccc(O[C@@H]3OC(CO)[C@H](O)C(O)C3O)c2Cl)CN(C(C)=O)COO1. The van der Waals surface area contributed by atoms with Crippen molar-refractivity contribution in [2.75, 3.05) is 27.0 Å². The summed E-state index contributed by atoms with van der Waals surface area (Å²) in [5, 5.41) is 39.3. The molecule has 12 heteroatoms. The minimum absolute atomic E-state index is 0.0119. The maximum atomic E-state index is 11.8. The summed E-state index contributed by atoms with van der Waals surface area (Å²) in [6.07, 6.45) is -7.30. The molecule has 2 saturated heterocycles. The van der Waals surface area contributed by atoms with E-state index in [9.17, 15) is 25.2 Å². The van der Waals surface area contributed by atoms with Crippen LogP contribution in [0.3, 0.4) is 0 Å². The molecule has 0 bridgehead atoms. The Morgan fingerprint density at radius 3 is 2.67 bits per heavy atom. The minimum Gasteiger partial charge on any atom is -0.460 e. The van der Waals surface area contributed by atoms with Gasteiger partial charge in [-0.15, -0.1) is 0 Å². The summed E-state index contributed by atoms with van der Waals surface area (Å²) in [6, 6.07) is 4.62. The largest absolute Gasteiger partial charge is 0.460 e. The standard InChI is InChI=1S/C18H24ClNO10/c1-9(22)20-7-18(26-2,30-27-8-20)10-4-3-5-11(13(10)19)28-17-16(25)15(24)14(23)12(6-21)29-17/h3-5,12,14-17,21,23-25H,6-8H2,1-2H3/t12?,14-,15?,16?,17+,18?/m0/s1. The molecule has 2 aliphatic rings. The van der Waals surface area contributed by atoms with E-state index in [0.717, 1.165) is 0 Å². The van der Waals surface area contributed by atoms with E-state index < -0.39 is 43.1 Å². The Morgan fingerprint density at radius 1 is 1.30 bits per heavy atom. The fourth-order valence-corrected chi connectivity index (χ4v) is 3.55. The quantitative estimate of drug-likeness (QED) is 0.416. The molecule has 0 radical (unpaired) electrons. The van der Waals surface area contributed by atoms with Crippen LogP contribution in [0.15, 0.2) is 18.2 Å². The number of carbonyl (C=O) groups excluding carboxylic acids is 1. The van der Waals surface area contributed by atoms with Gasteiger partial charge < -0.3 is 39.5 Å². The number of hydrogen-bond donors (Lipinski definition) is 4. The molecule has 3 rings (SSSR count). The summed E-state index contributed by atoms with van der Waals surface area (Å²) >= 11 is 6.50. The summed E-state index contributed by atoms with van der Waals surface area (Å²) in [7, 11) is 1.36. The first-order chi connectivity index (χ1) is 14.2. The molecule has 1 aromatic rings. The molecule has 2 aliphatic heterocycles.